The van der Waals surface area contributed by atoms with Crippen molar-refractivity contribution in [1.82, 2.24) is 31.9 Å². The number of aliphatic carboxylic acids is 2. The van der Waals surface area contributed by atoms with Crippen molar-refractivity contribution in [1.29, 1.82) is 0 Å². The molecule has 20 nitrogen and oxygen atoms in total. The van der Waals surface area contributed by atoms with Gasteiger partial charge in [0.2, 0.25) is 35.4 Å². The highest BCUT2D eigenvalue weighted by atomic mass is 16.5. The van der Waals surface area contributed by atoms with Crippen LogP contribution in [0.15, 0.2) is 12.2 Å². The number of hydrogen-bond donors (Lipinski definition) is 8. The molecule has 0 aliphatic carbocycles. The molecule has 0 bridgehead atoms. The molecule has 0 rings (SSSR count). The van der Waals surface area contributed by atoms with Crippen molar-refractivity contribution < 1.29 is 67.5 Å². The summed E-state index contributed by atoms with van der Waals surface area (Å²) in [5, 5.41) is 34.6. The number of carboxylic acid groups (broad SMARTS) is 2. The Hall–Kier alpha value is -4.66. The fraction of sp³-hybridized carbons (Fsp3) is 0.804. The Bertz CT molecular complexity index is 1490. The lowest BCUT2D eigenvalue weighted by Crippen LogP contribution is -2.43. The van der Waals surface area contributed by atoms with Gasteiger partial charge in [-0.15, -0.1) is 6.58 Å². The Morgan fingerprint density at radius 3 is 1.23 bits per heavy atom. The van der Waals surface area contributed by atoms with E-state index in [2.05, 4.69) is 52.3 Å². The molecule has 71 heavy (non-hydrogen) atoms. The van der Waals surface area contributed by atoms with Crippen LogP contribution in [0.1, 0.15) is 174 Å². The van der Waals surface area contributed by atoms with E-state index in [0.717, 1.165) is 44.9 Å². The van der Waals surface area contributed by atoms with Gasteiger partial charge in [-0.05, 0) is 51.9 Å². The maximum Gasteiger partial charge on any atom is 0.326 e. The van der Waals surface area contributed by atoms with Gasteiger partial charge in [0.1, 0.15) is 25.3 Å². The van der Waals surface area contributed by atoms with Crippen LogP contribution in [0.2, 0.25) is 0 Å². The third-order valence-electron chi connectivity index (χ3n) is 11.2. The SMILES string of the molecule is C=C(C)CCCCCCCCCCCCCCCCC(=O)N[C@@H](CCC(=O)NCCOCCOCC(=O)NCCOCCOCC(=O)N[C@@H](CCC(=O)NCCCC(=O)NCCCCC)C(=O)O)C(=O)O. The molecule has 6 amide bonds. The van der Waals surface area contributed by atoms with Gasteiger partial charge in [-0.2, -0.15) is 0 Å². The second kappa shape index (κ2) is 47.7. The number of allylic oxidation sites excluding steroid dienone is 1. The van der Waals surface area contributed by atoms with Crippen LogP contribution >= 0.6 is 0 Å². The first kappa shape index (κ1) is 66.3. The first-order valence-corrected chi connectivity index (χ1v) is 26.3. The van der Waals surface area contributed by atoms with Crippen molar-refractivity contribution in [2.45, 2.75) is 186 Å². The number of carboxylic acids is 2. The van der Waals surface area contributed by atoms with Crippen LogP contribution in [0.25, 0.3) is 0 Å². The highest BCUT2D eigenvalue weighted by Gasteiger charge is 2.22. The van der Waals surface area contributed by atoms with Crippen LogP contribution < -0.4 is 31.9 Å². The maximum absolute atomic E-state index is 12.4. The molecule has 0 aliphatic rings. The zero-order chi connectivity index (χ0) is 52.6. The normalized spacial score (nSPS) is 11.8. The third kappa shape index (κ3) is 46.2. The highest BCUT2D eigenvalue weighted by molar-refractivity contribution is 5.85. The summed E-state index contributed by atoms with van der Waals surface area (Å²) in [4.78, 5) is 96.0. The van der Waals surface area contributed by atoms with Gasteiger partial charge in [0.05, 0.1) is 39.6 Å². The largest absolute Gasteiger partial charge is 0.480 e. The second-order valence-corrected chi connectivity index (χ2v) is 17.9. The van der Waals surface area contributed by atoms with Gasteiger partial charge in [-0.3, -0.25) is 28.8 Å². The molecule has 0 aromatic carbocycles. The van der Waals surface area contributed by atoms with Crippen LogP contribution in [-0.2, 0) is 57.3 Å². The lowest BCUT2D eigenvalue weighted by Gasteiger charge is -2.14. The molecule has 0 fully saturated rings. The number of nitrogens with one attached hydrogen (secondary N) is 6. The number of carbonyl (C=O) groups excluding carboxylic acids is 6. The quantitative estimate of drug-likeness (QED) is 0.0294. The predicted molar refractivity (Wildman–Crippen MR) is 270 cm³/mol. The Morgan fingerprint density at radius 2 is 0.761 bits per heavy atom. The summed E-state index contributed by atoms with van der Waals surface area (Å²) in [6.45, 7) is 9.58. The molecule has 410 valence electrons. The number of rotatable bonds is 51. The van der Waals surface area contributed by atoms with Crippen molar-refractivity contribution in [3.63, 3.8) is 0 Å². The summed E-state index contributed by atoms with van der Waals surface area (Å²) in [6, 6.07) is -2.43. The van der Waals surface area contributed by atoms with Crippen molar-refractivity contribution in [3.8, 4) is 0 Å². The van der Waals surface area contributed by atoms with E-state index in [1.54, 1.807) is 0 Å². The Labute approximate surface area is 423 Å². The van der Waals surface area contributed by atoms with Crippen molar-refractivity contribution in [3.05, 3.63) is 12.2 Å². The number of hydrogen-bond acceptors (Lipinski definition) is 12. The third-order valence-corrected chi connectivity index (χ3v) is 11.2. The van der Waals surface area contributed by atoms with E-state index in [4.69, 9.17) is 18.9 Å². The smallest absolute Gasteiger partial charge is 0.326 e. The molecule has 0 spiro atoms. The zero-order valence-corrected chi connectivity index (χ0v) is 43.3. The molecule has 0 aliphatic heterocycles. The predicted octanol–water partition coefficient (Wildman–Crippen LogP) is 5.00. The number of ether oxygens (including phenoxy) is 4. The van der Waals surface area contributed by atoms with Crippen LogP contribution in [0.3, 0.4) is 0 Å². The number of amides is 6. The average molecular weight is 1010 g/mol. The monoisotopic (exact) mass is 1010 g/mol. The van der Waals surface area contributed by atoms with Crippen molar-refractivity contribution in [2.75, 3.05) is 79.0 Å². The Balaban J connectivity index is 3.80. The van der Waals surface area contributed by atoms with E-state index in [9.17, 15) is 48.6 Å². The van der Waals surface area contributed by atoms with E-state index in [-0.39, 0.29) is 134 Å². The van der Waals surface area contributed by atoms with Gasteiger partial charge in [0.15, 0.2) is 0 Å². The molecule has 0 radical (unpaired) electrons. The first-order chi connectivity index (χ1) is 34.2. The minimum absolute atomic E-state index is 0.0323. The van der Waals surface area contributed by atoms with Crippen molar-refractivity contribution >= 4 is 47.4 Å². The fourth-order valence-corrected chi connectivity index (χ4v) is 7.09. The van der Waals surface area contributed by atoms with E-state index in [0.29, 0.717) is 19.4 Å². The molecule has 0 saturated heterocycles. The van der Waals surface area contributed by atoms with Crippen LogP contribution in [0.4, 0.5) is 0 Å². The molecule has 0 saturated carbocycles. The summed E-state index contributed by atoms with van der Waals surface area (Å²) in [6.07, 6.45) is 21.5. The summed E-state index contributed by atoms with van der Waals surface area (Å²) in [5.41, 5.74) is 1.28. The minimum Gasteiger partial charge on any atom is -0.480 e. The summed E-state index contributed by atoms with van der Waals surface area (Å²) >= 11 is 0. The van der Waals surface area contributed by atoms with Crippen LogP contribution in [0, 0.1) is 0 Å². The summed E-state index contributed by atoms with van der Waals surface area (Å²) < 4.78 is 21.3. The van der Waals surface area contributed by atoms with Gasteiger partial charge >= 0.3 is 11.9 Å². The zero-order valence-electron chi connectivity index (χ0n) is 43.3. The highest BCUT2D eigenvalue weighted by Crippen LogP contribution is 2.15. The molecular weight excluding hydrogens is 921 g/mol. The fourth-order valence-electron chi connectivity index (χ4n) is 7.09. The Morgan fingerprint density at radius 1 is 0.394 bits per heavy atom. The van der Waals surface area contributed by atoms with Gasteiger partial charge in [-0.1, -0.05) is 102 Å². The molecular formula is C51H92N6O14. The molecule has 2 atom stereocenters. The standard InChI is InChI=1S/C51H92N6O14/c1-4-5-20-29-52-44(58)24-21-30-53-45(59)27-26-43(51(66)67)57-49(63)40-71-38-36-69-34-32-55-48(62)39-70-37-35-68-33-31-54-46(60)28-25-42(50(64)65)56-47(61)23-19-17-15-13-11-9-7-6-8-10-12-14-16-18-22-41(2)3/h42-43H,2,4-40H2,1,3H3,(H,52,58)(H,53,59)(H,54,60)(H,55,62)(H,56,61)(H,57,63)(H,64,65)(H,66,67)/t42-,43-/m0/s1. The van der Waals surface area contributed by atoms with Gasteiger partial charge < -0.3 is 61.1 Å². The lowest BCUT2D eigenvalue weighted by molar-refractivity contribution is -0.143. The lowest BCUT2D eigenvalue weighted by atomic mass is 10.0. The van der Waals surface area contributed by atoms with E-state index in [1.807, 2.05) is 0 Å². The molecule has 0 unspecified atom stereocenters. The first-order valence-electron chi connectivity index (χ1n) is 26.3. The summed E-state index contributed by atoms with van der Waals surface area (Å²) in [7, 11) is 0. The van der Waals surface area contributed by atoms with Gasteiger partial charge in [-0.25, -0.2) is 9.59 Å². The molecule has 8 N–H and O–H groups in total. The van der Waals surface area contributed by atoms with Gasteiger partial charge in [0, 0.05) is 51.9 Å². The molecule has 0 heterocycles. The molecule has 0 aromatic rings. The van der Waals surface area contributed by atoms with Crippen LogP contribution in [0.5, 0.6) is 0 Å². The van der Waals surface area contributed by atoms with E-state index >= 15 is 0 Å². The Kier molecular flexibility index (Phi) is 44.5. The second-order valence-electron chi connectivity index (χ2n) is 17.9. The van der Waals surface area contributed by atoms with Gasteiger partial charge in [0.25, 0.3) is 0 Å². The number of unbranched alkanes of at least 4 members (excludes halogenated alkanes) is 15. The van der Waals surface area contributed by atoms with Crippen LogP contribution in [-0.4, -0.2) is 149 Å². The summed E-state index contributed by atoms with van der Waals surface area (Å²) in [5.74, 6) is -4.67. The van der Waals surface area contributed by atoms with E-state index < -0.39 is 36.5 Å². The average Bonchev–Trinajstić information content (AvgIpc) is 3.33. The maximum atomic E-state index is 12.4. The number of carbonyl (C=O) groups is 8. The molecule has 0 aromatic heterocycles. The minimum atomic E-state index is -1.29. The van der Waals surface area contributed by atoms with Crippen molar-refractivity contribution in [2.24, 2.45) is 0 Å². The topological polar surface area (TPSA) is 286 Å². The molecule has 20 heteroatoms. The van der Waals surface area contributed by atoms with E-state index in [1.165, 1.54) is 69.8 Å².